The van der Waals surface area contributed by atoms with Gasteiger partial charge in [-0.15, -0.1) is 0 Å². The molecular weight excluding hydrogens is 168 g/mol. The van der Waals surface area contributed by atoms with Gasteiger partial charge in [-0.3, -0.25) is 10.3 Å². The van der Waals surface area contributed by atoms with Crippen LogP contribution in [0.4, 0.5) is 4.79 Å². The predicted octanol–water partition coefficient (Wildman–Crippen LogP) is 0.372. The van der Waals surface area contributed by atoms with Crippen molar-refractivity contribution in [3.8, 4) is 0 Å². The highest BCUT2D eigenvalue weighted by Crippen LogP contribution is 1.82. The van der Waals surface area contributed by atoms with Crippen LogP contribution in [0.1, 0.15) is 20.3 Å². The molecule has 0 rings (SSSR count). The molecule has 0 fully saturated rings. The average Bonchev–Trinajstić information content (AvgIpc) is 2.13. The van der Waals surface area contributed by atoms with Crippen molar-refractivity contribution in [1.29, 1.82) is 0 Å². The minimum atomic E-state index is -0.222. The molecule has 0 saturated carbocycles. The van der Waals surface area contributed by atoms with Gasteiger partial charge in [-0.2, -0.15) is 0 Å². The zero-order valence-electron chi connectivity index (χ0n) is 8.50. The van der Waals surface area contributed by atoms with Crippen molar-refractivity contribution in [3.63, 3.8) is 0 Å². The molecule has 0 spiro atoms. The summed E-state index contributed by atoms with van der Waals surface area (Å²) >= 11 is 0. The molecule has 2 amide bonds. The summed E-state index contributed by atoms with van der Waals surface area (Å²) in [5.74, 6) is 0.187. The lowest BCUT2D eigenvalue weighted by Crippen LogP contribution is -2.44. The van der Waals surface area contributed by atoms with Crippen LogP contribution in [-0.4, -0.2) is 37.0 Å². The van der Waals surface area contributed by atoms with E-state index in [-0.39, 0.29) is 12.0 Å². The maximum atomic E-state index is 11.2. The van der Waals surface area contributed by atoms with Crippen molar-refractivity contribution in [1.82, 2.24) is 10.2 Å². The van der Waals surface area contributed by atoms with E-state index in [2.05, 4.69) is 10.3 Å². The Balaban J connectivity index is 3.90. The molecule has 0 aliphatic heterocycles. The fourth-order valence-electron chi connectivity index (χ4n) is 0.620. The lowest BCUT2D eigenvalue weighted by molar-refractivity contribution is 0.216. The van der Waals surface area contributed by atoms with Gasteiger partial charge in [0.25, 0.3) is 0 Å². The van der Waals surface area contributed by atoms with Gasteiger partial charge >= 0.3 is 6.03 Å². The number of hydrogen-bond acceptors (Lipinski definition) is 2. The molecule has 0 bridgehead atoms. The fourth-order valence-corrected chi connectivity index (χ4v) is 0.620. The Bertz CT molecular complexity index is 191. The average molecular weight is 186 g/mol. The van der Waals surface area contributed by atoms with Crippen molar-refractivity contribution < 1.29 is 4.79 Å². The zero-order valence-corrected chi connectivity index (χ0v) is 8.50. The lowest BCUT2D eigenvalue weighted by Gasteiger charge is -2.14. The highest BCUT2D eigenvalue weighted by Gasteiger charge is 2.05. The third-order valence-electron chi connectivity index (χ3n) is 1.56. The Morgan fingerprint density at radius 1 is 1.54 bits per heavy atom. The summed E-state index contributed by atoms with van der Waals surface area (Å²) in [5, 5.41) is 2.48. The Morgan fingerprint density at radius 3 is 2.62 bits per heavy atom. The number of aliphatic imine (C=N–C) groups is 1. The number of rotatable bonds is 3. The number of guanidine groups is 1. The van der Waals surface area contributed by atoms with Gasteiger partial charge in [-0.1, -0.05) is 6.92 Å². The van der Waals surface area contributed by atoms with Gasteiger partial charge in [0, 0.05) is 20.1 Å². The van der Waals surface area contributed by atoms with E-state index in [9.17, 15) is 4.79 Å². The number of hydrogen-bond donors (Lipinski definition) is 2. The SMILES string of the molecule is CCCN=C(N)NC(=O)N(C)CC. The number of carbonyl (C=O) groups is 1. The van der Waals surface area contributed by atoms with Crippen molar-refractivity contribution in [2.45, 2.75) is 20.3 Å². The topological polar surface area (TPSA) is 70.7 Å². The van der Waals surface area contributed by atoms with Crippen LogP contribution in [0.3, 0.4) is 0 Å². The van der Waals surface area contributed by atoms with Gasteiger partial charge in [0.15, 0.2) is 5.96 Å². The fraction of sp³-hybridized carbons (Fsp3) is 0.750. The first-order valence-corrected chi connectivity index (χ1v) is 4.43. The van der Waals surface area contributed by atoms with E-state index in [1.54, 1.807) is 7.05 Å². The molecule has 0 radical (unpaired) electrons. The largest absolute Gasteiger partial charge is 0.370 e. The molecule has 0 unspecified atom stereocenters. The van der Waals surface area contributed by atoms with E-state index in [1.807, 2.05) is 13.8 Å². The summed E-state index contributed by atoms with van der Waals surface area (Å²) < 4.78 is 0. The van der Waals surface area contributed by atoms with Crippen LogP contribution in [0, 0.1) is 0 Å². The first-order valence-electron chi connectivity index (χ1n) is 4.43. The van der Waals surface area contributed by atoms with Crippen LogP contribution in [-0.2, 0) is 0 Å². The summed E-state index contributed by atoms with van der Waals surface area (Å²) in [5.41, 5.74) is 5.44. The van der Waals surface area contributed by atoms with Gasteiger partial charge in [0.2, 0.25) is 0 Å². The smallest absolute Gasteiger partial charge is 0.323 e. The van der Waals surface area contributed by atoms with Gasteiger partial charge in [-0.25, -0.2) is 4.79 Å². The minimum Gasteiger partial charge on any atom is -0.370 e. The molecule has 0 saturated heterocycles. The number of nitrogens with one attached hydrogen (secondary N) is 1. The standard InChI is InChI=1S/C8H18N4O/c1-4-6-10-7(9)11-8(13)12(3)5-2/h4-6H2,1-3H3,(H3,9,10,11,13). The second kappa shape index (κ2) is 6.28. The third-order valence-corrected chi connectivity index (χ3v) is 1.56. The Hall–Kier alpha value is -1.26. The molecule has 5 nitrogen and oxygen atoms in total. The maximum Gasteiger partial charge on any atom is 0.323 e. The first kappa shape index (κ1) is 11.7. The summed E-state index contributed by atoms with van der Waals surface area (Å²) in [4.78, 5) is 16.7. The lowest BCUT2D eigenvalue weighted by atomic mass is 10.5. The third kappa shape index (κ3) is 5.05. The Kier molecular flexibility index (Phi) is 5.67. The molecule has 76 valence electrons. The van der Waals surface area contributed by atoms with E-state index >= 15 is 0 Å². The highest BCUT2D eigenvalue weighted by molar-refractivity contribution is 5.95. The molecule has 13 heavy (non-hydrogen) atoms. The summed E-state index contributed by atoms with van der Waals surface area (Å²) in [6.45, 7) is 5.17. The number of urea groups is 1. The van der Waals surface area contributed by atoms with Gasteiger partial charge in [-0.05, 0) is 13.3 Å². The second-order valence-electron chi connectivity index (χ2n) is 2.71. The molecule has 0 aromatic rings. The molecule has 0 aromatic heterocycles. The summed E-state index contributed by atoms with van der Waals surface area (Å²) in [7, 11) is 1.70. The van der Waals surface area contributed by atoms with Crippen molar-refractivity contribution in [2.24, 2.45) is 10.7 Å². The highest BCUT2D eigenvalue weighted by atomic mass is 16.2. The first-order chi connectivity index (χ1) is 6.11. The number of nitrogens with zero attached hydrogens (tertiary/aromatic N) is 2. The molecule has 5 heteroatoms. The monoisotopic (exact) mass is 186 g/mol. The van der Waals surface area contributed by atoms with E-state index in [0.717, 1.165) is 6.42 Å². The normalized spacial score (nSPS) is 11.2. The number of carbonyl (C=O) groups excluding carboxylic acids is 1. The summed E-state index contributed by atoms with van der Waals surface area (Å²) in [6, 6.07) is -0.222. The molecule has 0 aliphatic carbocycles. The Morgan fingerprint density at radius 2 is 2.15 bits per heavy atom. The molecule has 3 N–H and O–H groups in total. The van der Waals surface area contributed by atoms with Gasteiger partial charge < -0.3 is 10.6 Å². The quantitative estimate of drug-likeness (QED) is 0.494. The number of amides is 2. The van der Waals surface area contributed by atoms with Crippen LogP contribution in [0.2, 0.25) is 0 Å². The van der Waals surface area contributed by atoms with Crippen LogP contribution < -0.4 is 11.1 Å². The van der Waals surface area contributed by atoms with Crippen molar-refractivity contribution >= 4 is 12.0 Å². The maximum absolute atomic E-state index is 11.2. The molecule has 0 aliphatic rings. The molecule has 0 aromatic carbocycles. The minimum absolute atomic E-state index is 0.187. The van der Waals surface area contributed by atoms with E-state index < -0.39 is 0 Å². The molecule has 0 heterocycles. The van der Waals surface area contributed by atoms with Crippen LogP contribution in [0.25, 0.3) is 0 Å². The van der Waals surface area contributed by atoms with Crippen LogP contribution in [0.15, 0.2) is 4.99 Å². The van der Waals surface area contributed by atoms with E-state index in [1.165, 1.54) is 4.90 Å². The predicted molar refractivity (Wildman–Crippen MR) is 53.6 cm³/mol. The summed E-state index contributed by atoms with van der Waals surface area (Å²) in [6.07, 6.45) is 0.917. The van der Waals surface area contributed by atoms with E-state index in [4.69, 9.17) is 5.73 Å². The Labute approximate surface area is 79.0 Å². The number of nitrogens with two attached hydrogens (primary N) is 1. The molecule has 0 atom stereocenters. The van der Waals surface area contributed by atoms with Gasteiger partial charge in [0.05, 0.1) is 0 Å². The van der Waals surface area contributed by atoms with Crippen molar-refractivity contribution in [3.05, 3.63) is 0 Å². The molecular formula is C8H18N4O. The van der Waals surface area contributed by atoms with Crippen LogP contribution in [0.5, 0.6) is 0 Å². The van der Waals surface area contributed by atoms with Crippen molar-refractivity contribution in [2.75, 3.05) is 20.1 Å². The van der Waals surface area contributed by atoms with E-state index in [0.29, 0.717) is 13.1 Å². The second-order valence-corrected chi connectivity index (χ2v) is 2.71. The zero-order chi connectivity index (χ0) is 10.3. The van der Waals surface area contributed by atoms with Crippen LogP contribution >= 0.6 is 0 Å². The van der Waals surface area contributed by atoms with Gasteiger partial charge in [0.1, 0.15) is 0 Å².